The summed E-state index contributed by atoms with van der Waals surface area (Å²) in [6, 6.07) is 0. The van der Waals surface area contributed by atoms with Gasteiger partial charge < -0.3 is 19.9 Å². The lowest BCUT2D eigenvalue weighted by Gasteiger charge is -2.65. The number of primary amides is 1. The number of hydrogen-bond donors (Lipinski definition) is 1. The maximum Gasteiger partial charge on any atom is 0.412 e. The van der Waals surface area contributed by atoms with Gasteiger partial charge in [0.1, 0.15) is 0 Å². The van der Waals surface area contributed by atoms with Gasteiger partial charge in [0.2, 0.25) is 5.91 Å². The number of methoxy groups -OCH3 is 3. The molecule has 0 spiro atoms. The zero-order valence-corrected chi connectivity index (χ0v) is 24.0. The number of amides is 1. The number of fused-ring (bicyclic) bond motifs is 5. The predicted molar refractivity (Wildman–Crippen MR) is 141 cm³/mol. The molecule has 4 aliphatic carbocycles. The van der Waals surface area contributed by atoms with Crippen molar-refractivity contribution in [1.29, 1.82) is 0 Å². The molecular formula is C30H53NO5. The molecule has 1 amide bonds. The van der Waals surface area contributed by atoms with Crippen molar-refractivity contribution in [3.63, 3.8) is 0 Å². The van der Waals surface area contributed by atoms with E-state index in [9.17, 15) is 4.79 Å². The molecule has 2 N–H and O–H groups in total. The van der Waals surface area contributed by atoms with Gasteiger partial charge in [-0.25, -0.2) is 0 Å². The molecule has 6 nitrogen and oxygen atoms in total. The van der Waals surface area contributed by atoms with Crippen LogP contribution in [-0.4, -0.2) is 39.5 Å². The fourth-order valence-electron chi connectivity index (χ4n) is 10.3. The summed E-state index contributed by atoms with van der Waals surface area (Å²) in [5, 5.41) is 0. The SMILES string of the molecule is CC[C@H]1C[C@@H]2[C@H]([C@@H](OC(OC)(OC)OC)C[C@]3(C)[C@@H]([C@H](C)CCC(N)=O)CC[C@@H]23)[C@@]2(C)CCCC[C@@H]12. The van der Waals surface area contributed by atoms with Gasteiger partial charge in [0, 0.05) is 27.8 Å². The molecular weight excluding hydrogens is 454 g/mol. The van der Waals surface area contributed by atoms with E-state index >= 15 is 0 Å². The van der Waals surface area contributed by atoms with Gasteiger partial charge in [0.25, 0.3) is 0 Å². The Morgan fingerprint density at radius 1 is 1.03 bits per heavy atom. The highest BCUT2D eigenvalue weighted by atomic mass is 17.0. The monoisotopic (exact) mass is 507 g/mol. The molecule has 0 aliphatic heterocycles. The highest BCUT2D eigenvalue weighted by molar-refractivity contribution is 5.73. The molecule has 0 aromatic rings. The van der Waals surface area contributed by atoms with Gasteiger partial charge in [-0.3, -0.25) is 9.53 Å². The van der Waals surface area contributed by atoms with Crippen molar-refractivity contribution in [3.8, 4) is 0 Å². The second-order valence-corrected chi connectivity index (χ2v) is 13.2. The van der Waals surface area contributed by atoms with Gasteiger partial charge in [0.05, 0.1) is 6.10 Å². The molecule has 0 unspecified atom stereocenters. The van der Waals surface area contributed by atoms with E-state index in [2.05, 4.69) is 27.7 Å². The Morgan fingerprint density at radius 2 is 1.72 bits per heavy atom. The molecule has 10 atom stereocenters. The first-order valence-corrected chi connectivity index (χ1v) is 14.7. The van der Waals surface area contributed by atoms with Crippen molar-refractivity contribution < 1.29 is 23.7 Å². The van der Waals surface area contributed by atoms with E-state index in [1.165, 1.54) is 51.4 Å². The van der Waals surface area contributed by atoms with E-state index in [1.807, 2.05) is 0 Å². The van der Waals surface area contributed by atoms with Crippen LogP contribution in [0, 0.1) is 52.3 Å². The molecule has 0 heterocycles. The summed E-state index contributed by atoms with van der Waals surface area (Å²) in [4.78, 5) is 11.6. The van der Waals surface area contributed by atoms with Crippen LogP contribution in [0.25, 0.3) is 0 Å². The van der Waals surface area contributed by atoms with Crippen molar-refractivity contribution in [3.05, 3.63) is 0 Å². The molecule has 4 aliphatic rings. The maximum absolute atomic E-state index is 11.6. The van der Waals surface area contributed by atoms with Gasteiger partial charge in [0.15, 0.2) is 0 Å². The lowest BCUT2D eigenvalue weighted by molar-refractivity contribution is -0.498. The Balaban J connectivity index is 1.74. The Labute approximate surface area is 219 Å². The minimum atomic E-state index is -1.48. The van der Waals surface area contributed by atoms with Crippen molar-refractivity contribution in [1.82, 2.24) is 0 Å². The fourth-order valence-corrected chi connectivity index (χ4v) is 10.3. The summed E-state index contributed by atoms with van der Waals surface area (Å²) in [5.41, 5.74) is 5.96. The molecule has 4 rings (SSSR count). The minimum absolute atomic E-state index is 0.00319. The van der Waals surface area contributed by atoms with Crippen LogP contribution in [0.2, 0.25) is 0 Å². The highest BCUT2D eigenvalue weighted by Crippen LogP contribution is 2.70. The normalized spacial score (nSPS) is 43.4. The zero-order valence-electron chi connectivity index (χ0n) is 24.0. The molecule has 4 saturated carbocycles. The highest BCUT2D eigenvalue weighted by Gasteiger charge is 2.65. The summed E-state index contributed by atoms with van der Waals surface area (Å²) < 4.78 is 23.9. The standard InChI is InChI=1S/C30H53NO5/c1-8-20-17-21-24-14-13-22(19(2)12-15-26(31)32)29(24,4)18-25(36-30(33-5,34-6)35-7)27(21)28(3)16-10-9-11-23(20)28/h19-25,27H,8-18H2,1-7H3,(H2,31,32)/t19-,20+,21+,22-,23+,24+,25+,27-,28+,29-/m1/s1. The lowest BCUT2D eigenvalue weighted by atomic mass is 9.41. The summed E-state index contributed by atoms with van der Waals surface area (Å²) in [6.45, 7) is 9.85. The van der Waals surface area contributed by atoms with Crippen LogP contribution < -0.4 is 5.73 Å². The Hall–Kier alpha value is -0.690. The Kier molecular flexibility index (Phi) is 8.51. The van der Waals surface area contributed by atoms with E-state index in [0.717, 1.165) is 24.7 Å². The third-order valence-electron chi connectivity index (χ3n) is 11.8. The van der Waals surface area contributed by atoms with E-state index in [-0.39, 0.29) is 22.8 Å². The fraction of sp³-hybridized carbons (Fsp3) is 0.967. The minimum Gasteiger partial charge on any atom is -0.370 e. The molecule has 0 aromatic heterocycles. The van der Waals surface area contributed by atoms with Gasteiger partial charge in [-0.1, -0.05) is 47.0 Å². The van der Waals surface area contributed by atoms with Gasteiger partial charge >= 0.3 is 6.16 Å². The maximum atomic E-state index is 11.6. The number of carbonyl (C=O) groups excluding carboxylic acids is 1. The molecule has 36 heavy (non-hydrogen) atoms. The molecule has 4 fully saturated rings. The van der Waals surface area contributed by atoms with Gasteiger partial charge in [-0.2, -0.15) is 0 Å². The summed E-state index contributed by atoms with van der Waals surface area (Å²) in [5.74, 6) is 4.20. The van der Waals surface area contributed by atoms with E-state index in [1.54, 1.807) is 21.3 Å². The number of rotatable bonds is 10. The van der Waals surface area contributed by atoms with Crippen LogP contribution in [0.4, 0.5) is 0 Å². The first-order chi connectivity index (χ1) is 17.1. The third-order valence-corrected chi connectivity index (χ3v) is 11.8. The zero-order chi connectivity index (χ0) is 26.3. The van der Waals surface area contributed by atoms with E-state index in [4.69, 9.17) is 24.7 Å². The first kappa shape index (κ1) is 28.3. The van der Waals surface area contributed by atoms with Crippen molar-refractivity contribution in [2.45, 2.75) is 111 Å². The second-order valence-electron chi connectivity index (χ2n) is 13.2. The number of nitrogens with two attached hydrogens (primary N) is 1. The molecule has 0 aromatic carbocycles. The number of carbonyl (C=O) groups is 1. The largest absolute Gasteiger partial charge is 0.412 e. The molecule has 208 valence electrons. The van der Waals surface area contributed by atoms with Crippen LogP contribution in [0.1, 0.15) is 98.3 Å². The average Bonchev–Trinajstić information content (AvgIpc) is 3.21. The quantitative estimate of drug-likeness (QED) is 0.360. The van der Waals surface area contributed by atoms with E-state index < -0.39 is 6.16 Å². The Bertz CT molecular complexity index is 762. The third kappa shape index (κ3) is 4.67. The lowest BCUT2D eigenvalue weighted by Crippen LogP contribution is -2.62. The van der Waals surface area contributed by atoms with Crippen LogP contribution in [0.15, 0.2) is 0 Å². The van der Waals surface area contributed by atoms with Crippen molar-refractivity contribution in [2.24, 2.45) is 58.0 Å². The predicted octanol–water partition coefficient (Wildman–Crippen LogP) is 6.12. The first-order valence-electron chi connectivity index (χ1n) is 14.7. The average molecular weight is 508 g/mol. The van der Waals surface area contributed by atoms with Gasteiger partial charge in [-0.05, 0) is 97.2 Å². The number of hydrogen-bond acceptors (Lipinski definition) is 5. The molecule has 6 heteroatoms. The smallest absolute Gasteiger partial charge is 0.370 e. The topological polar surface area (TPSA) is 80.0 Å². The summed E-state index contributed by atoms with van der Waals surface area (Å²) >= 11 is 0. The summed E-state index contributed by atoms with van der Waals surface area (Å²) in [6.07, 6.45) is 11.3. The van der Waals surface area contributed by atoms with E-state index in [0.29, 0.717) is 36.0 Å². The number of ether oxygens (including phenoxy) is 4. The van der Waals surface area contributed by atoms with Crippen LogP contribution >= 0.6 is 0 Å². The van der Waals surface area contributed by atoms with Crippen LogP contribution in [0.3, 0.4) is 0 Å². The molecule has 0 bridgehead atoms. The van der Waals surface area contributed by atoms with Gasteiger partial charge in [-0.15, -0.1) is 0 Å². The van der Waals surface area contributed by atoms with Crippen molar-refractivity contribution >= 4 is 5.91 Å². The Morgan fingerprint density at radius 3 is 2.33 bits per heavy atom. The molecule has 0 radical (unpaired) electrons. The molecule has 0 saturated heterocycles. The van der Waals surface area contributed by atoms with Crippen LogP contribution in [-0.2, 0) is 23.7 Å². The van der Waals surface area contributed by atoms with Crippen molar-refractivity contribution in [2.75, 3.05) is 21.3 Å². The van der Waals surface area contributed by atoms with Crippen LogP contribution in [0.5, 0.6) is 0 Å². The second kappa shape index (κ2) is 10.8. The summed E-state index contributed by atoms with van der Waals surface area (Å²) in [7, 11) is 4.80.